The standard InChI is InChI=1S/C12H18O4Si/c1-15-9-10(13)12(14,11(9)16-2)7-6-8-17(3,4)5/h14H,8H2,1-5H3/t12-/m1/s1. The van der Waals surface area contributed by atoms with E-state index in [0.29, 0.717) is 0 Å². The number of hydrogen-bond donors (Lipinski definition) is 1. The van der Waals surface area contributed by atoms with Crippen LogP contribution >= 0.6 is 0 Å². The lowest BCUT2D eigenvalue weighted by Crippen LogP contribution is -2.51. The van der Waals surface area contributed by atoms with Crippen molar-refractivity contribution in [1.29, 1.82) is 0 Å². The maximum Gasteiger partial charge on any atom is 0.254 e. The van der Waals surface area contributed by atoms with E-state index in [2.05, 4.69) is 31.5 Å². The smallest absolute Gasteiger partial charge is 0.254 e. The number of hydrogen-bond acceptors (Lipinski definition) is 4. The van der Waals surface area contributed by atoms with Gasteiger partial charge in [-0.1, -0.05) is 25.6 Å². The number of rotatable bonds is 3. The van der Waals surface area contributed by atoms with E-state index in [0.717, 1.165) is 6.04 Å². The van der Waals surface area contributed by atoms with Crippen LogP contribution < -0.4 is 0 Å². The molecule has 1 atom stereocenters. The minimum absolute atomic E-state index is 0.0531. The molecule has 0 fully saturated rings. The maximum absolute atomic E-state index is 11.6. The van der Waals surface area contributed by atoms with E-state index in [4.69, 9.17) is 9.47 Å². The lowest BCUT2D eigenvalue weighted by atomic mass is 9.83. The molecule has 17 heavy (non-hydrogen) atoms. The zero-order chi connectivity index (χ0) is 13.3. The van der Waals surface area contributed by atoms with Crippen molar-refractivity contribution in [3.8, 4) is 11.8 Å². The zero-order valence-electron chi connectivity index (χ0n) is 10.9. The van der Waals surface area contributed by atoms with Crippen molar-refractivity contribution in [2.24, 2.45) is 0 Å². The van der Waals surface area contributed by atoms with E-state index >= 15 is 0 Å². The summed E-state index contributed by atoms with van der Waals surface area (Å²) < 4.78 is 9.78. The number of carbonyl (C=O) groups excluding carboxylic acids is 1. The Morgan fingerprint density at radius 3 is 2.29 bits per heavy atom. The molecule has 0 heterocycles. The van der Waals surface area contributed by atoms with Crippen LogP contribution in [0.2, 0.25) is 25.7 Å². The van der Waals surface area contributed by atoms with Gasteiger partial charge in [0.2, 0.25) is 5.76 Å². The number of ketones is 1. The van der Waals surface area contributed by atoms with Crippen LogP contribution in [0.1, 0.15) is 0 Å². The lowest BCUT2D eigenvalue weighted by Gasteiger charge is -2.32. The summed E-state index contributed by atoms with van der Waals surface area (Å²) in [6, 6.07) is 0.724. The first-order valence-corrected chi connectivity index (χ1v) is 9.07. The number of Topliss-reactive ketones (excluding diaryl/α,β-unsaturated/α-hetero) is 1. The van der Waals surface area contributed by atoms with Crippen molar-refractivity contribution < 1.29 is 19.4 Å². The van der Waals surface area contributed by atoms with Crippen LogP contribution in [0.3, 0.4) is 0 Å². The molecule has 1 rings (SSSR count). The highest BCUT2D eigenvalue weighted by atomic mass is 28.3. The maximum atomic E-state index is 11.6. The molecule has 0 unspecified atom stereocenters. The average molecular weight is 254 g/mol. The van der Waals surface area contributed by atoms with Gasteiger partial charge in [-0.05, 0) is 0 Å². The molecular formula is C12H18O4Si. The number of carbonyl (C=O) groups is 1. The van der Waals surface area contributed by atoms with Gasteiger partial charge in [-0.3, -0.25) is 4.79 Å². The third-order valence-electron chi connectivity index (χ3n) is 2.37. The van der Waals surface area contributed by atoms with Crippen molar-refractivity contribution in [3.05, 3.63) is 11.5 Å². The van der Waals surface area contributed by atoms with Crippen LogP contribution in [0.5, 0.6) is 0 Å². The molecular weight excluding hydrogens is 236 g/mol. The van der Waals surface area contributed by atoms with E-state index in [1.807, 2.05) is 0 Å². The lowest BCUT2D eigenvalue weighted by molar-refractivity contribution is -0.138. The van der Waals surface area contributed by atoms with Gasteiger partial charge in [0, 0.05) is 6.04 Å². The molecule has 1 N–H and O–H groups in total. The van der Waals surface area contributed by atoms with Crippen LogP contribution in [-0.4, -0.2) is 38.8 Å². The highest BCUT2D eigenvalue weighted by Gasteiger charge is 2.55. The first-order chi connectivity index (χ1) is 7.76. The molecule has 0 saturated carbocycles. The van der Waals surface area contributed by atoms with Gasteiger partial charge in [0.1, 0.15) is 0 Å². The molecule has 1 aliphatic rings. The van der Waals surface area contributed by atoms with E-state index in [9.17, 15) is 9.90 Å². The molecule has 0 spiro atoms. The highest BCUT2D eigenvalue weighted by Crippen LogP contribution is 2.35. The van der Waals surface area contributed by atoms with Crippen molar-refractivity contribution in [2.75, 3.05) is 14.2 Å². The van der Waals surface area contributed by atoms with Gasteiger partial charge >= 0.3 is 0 Å². The molecule has 0 bridgehead atoms. The number of aliphatic hydroxyl groups is 1. The Hall–Kier alpha value is -1.25. The summed E-state index contributed by atoms with van der Waals surface area (Å²) in [7, 11) is 1.43. The van der Waals surface area contributed by atoms with Crippen LogP contribution in [0.4, 0.5) is 0 Å². The Morgan fingerprint density at radius 1 is 1.29 bits per heavy atom. The average Bonchev–Trinajstić information content (AvgIpc) is 2.22. The second-order valence-corrected chi connectivity index (χ2v) is 10.6. The first-order valence-electron chi connectivity index (χ1n) is 5.36. The van der Waals surface area contributed by atoms with Gasteiger partial charge in [0.05, 0.1) is 22.3 Å². The van der Waals surface area contributed by atoms with Crippen molar-refractivity contribution in [2.45, 2.75) is 31.3 Å². The highest BCUT2D eigenvalue weighted by molar-refractivity contribution is 6.76. The Balaban J connectivity index is 2.92. The van der Waals surface area contributed by atoms with E-state index in [-0.39, 0.29) is 11.5 Å². The Bertz CT molecular complexity index is 422. The summed E-state index contributed by atoms with van der Waals surface area (Å²) in [4.78, 5) is 11.6. The summed E-state index contributed by atoms with van der Waals surface area (Å²) in [5.41, 5.74) is -1.81. The molecule has 0 aromatic rings. The van der Waals surface area contributed by atoms with Crippen molar-refractivity contribution in [1.82, 2.24) is 0 Å². The van der Waals surface area contributed by atoms with E-state index in [1.165, 1.54) is 14.2 Å². The molecule has 0 radical (unpaired) electrons. The predicted octanol–water partition coefficient (Wildman–Crippen LogP) is 1.15. The zero-order valence-corrected chi connectivity index (χ0v) is 11.9. The van der Waals surface area contributed by atoms with Gasteiger partial charge < -0.3 is 14.6 Å². The number of ether oxygens (including phenoxy) is 2. The SMILES string of the molecule is COC1=C(OC)[C@@](O)(C#CC[Si](C)(C)C)C1=O. The molecule has 1 aliphatic carbocycles. The molecule has 94 valence electrons. The second-order valence-electron chi connectivity index (χ2n) is 5.15. The van der Waals surface area contributed by atoms with E-state index < -0.39 is 19.5 Å². The van der Waals surface area contributed by atoms with Gasteiger partial charge in [0.25, 0.3) is 11.4 Å². The summed E-state index contributed by atoms with van der Waals surface area (Å²) >= 11 is 0. The van der Waals surface area contributed by atoms with Gasteiger partial charge in [-0.15, -0.1) is 5.92 Å². The molecule has 0 aromatic heterocycles. The minimum atomic E-state index is -1.81. The Labute approximate surface area is 103 Å². The summed E-state index contributed by atoms with van der Waals surface area (Å²) in [6.07, 6.45) is 0. The Morgan fingerprint density at radius 2 is 1.88 bits per heavy atom. The fraction of sp³-hybridized carbons (Fsp3) is 0.583. The quantitative estimate of drug-likeness (QED) is 0.606. The summed E-state index contributed by atoms with van der Waals surface area (Å²) in [6.45, 7) is 6.51. The molecule has 0 aliphatic heterocycles. The normalized spacial score (nSPS) is 23.8. The van der Waals surface area contributed by atoms with Crippen LogP contribution in [0.15, 0.2) is 11.5 Å². The summed E-state index contributed by atoms with van der Waals surface area (Å²) in [5, 5.41) is 10.1. The fourth-order valence-electron chi connectivity index (χ4n) is 1.45. The van der Waals surface area contributed by atoms with Crippen LogP contribution in [-0.2, 0) is 14.3 Å². The third-order valence-corrected chi connectivity index (χ3v) is 3.60. The van der Waals surface area contributed by atoms with Gasteiger partial charge in [-0.25, -0.2) is 0 Å². The van der Waals surface area contributed by atoms with E-state index in [1.54, 1.807) is 0 Å². The van der Waals surface area contributed by atoms with Crippen molar-refractivity contribution >= 4 is 13.9 Å². The van der Waals surface area contributed by atoms with Crippen LogP contribution in [0, 0.1) is 11.8 Å². The van der Waals surface area contributed by atoms with Gasteiger partial charge in [-0.2, -0.15) is 0 Å². The molecule has 4 nitrogen and oxygen atoms in total. The first kappa shape index (κ1) is 13.8. The number of methoxy groups -OCH3 is 2. The second kappa shape index (κ2) is 4.55. The molecule has 0 saturated heterocycles. The summed E-state index contributed by atoms with van der Waals surface area (Å²) in [5.74, 6) is 5.10. The Kier molecular flexibility index (Phi) is 3.70. The molecule has 5 heteroatoms. The van der Waals surface area contributed by atoms with Crippen LogP contribution in [0.25, 0.3) is 0 Å². The fourth-order valence-corrected chi connectivity index (χ4v) is 2.07. The molecule has 0 aromatic carbocycles. The predicted molar refractivity (Wildman–Crippen MR) is 66.9 cm³/mol. The monoisotopic (exact) mass is 254 g/mol. The molecule has 0 amide bonds. The third kappa shape index (κ3) is 2.53. The van der Waals surface area contributed by atoms with Gasteiger partial charge in [0.15, 0.2) is 5.76 Å². The minimum Gasteiger partial charge on any atom is -0.493 e. The topological polar surface area (TPSA) is 55.8 Å². The largest absolute Gasteiger partial charge is 0.493 e. The van der Waals surface area contributed by atoms with Crippen molar-refractivity contribution in [3.63, 3.8) is 0 Å².